The first-order valence-corrected chi connectivity index (χ1v) is 15.5. The fourth-order valence-corrected chi connectivity index (χ4v) is 6.87. The fraction of sp³-hybridized carbons (Fsp3) is 0.559. The van der Waals surface area contributed by atoms with Crippen molar-refractivity contribution >= 4 is 11.5 Å². The number of hydrogen-bond acceptors (Lipinski definition) is 5. The SMILES string of the molecule is C[C@@H]1CC2=C(Cc3ccccc32)[C@@H](c2c(F)cc(OCCCCN3CCN(CCC(=O)O)CC3)cc2F)N1CC(C)(C)F. The van der Waals surface area contributed by atoms with E-state index in [0.717, 1.165) is 67.8 Å². The minimum atomic E-state index is -1.53. The Morgan fingerprint density at radius 1 is 1.02 bits per heavy atom. The number of carboxylic acid groups (broad SMARTS) is 1. The summed E-state index contributed by atoms with van der Waals surface area (Å²) in [7, 11) is 0. The van der Waals surface area contributed by atoms with Gasteiger partial charge in [0.15, 0.2) is 0 Å². The minimum Gasteiger partial charge on any atom is -0.493 e. The number of halogens is 3. The number of carboxylic acids is 1. The molecule has 0 radical (unpaired) electrons. The second-order valence-corrected chi connectivity index (χ2v) is 12.9. The van der Waals surface area contributed by atoms with E-state index in [1.54, 1.807) is 0 Å². The van der Waals surface area contributed by atoms with Gasteiger partial charge >= 0.3 is 5.97 Å². The quantitative estimate of drug-likeness (QED) is 0.297. The molecule has 0 aromatic heterocycles. The van der Waals surface area contributed by atoms with Crippen LogP contribution in [0.4, 0.5) is 13.2 Å². The summed E-state index contributed by atoms with van der Waals surface area (Å²) >= 11 is 0. The van der Waals surface area contributed by atoms with Gasteiger partial charge in [0.2, 0.25) is 0 Å². The van der Waals surface area contributed by atoms with Gasteiger partial charge in [-0.05, 0) is 75.3 Å². The van der Waals surface area contributed by atoms with Gasteiger partial charge in [-0.1, -0.05) is 24.3 Å². The number of rotatable bonds is 12. The van der Waals surface area contributed by atoms with Crippen molar-refractivity contribution in [2.24, 2.45) is 0 Å². The highest BCUT2D eigenvalue weighted by Crippen LogP contribution is 2.50. The Labute approximate surface area is 253 Å². The first-order valence-electron chi connectivity index (χ1n) is 15.5. The number of nitrogens with zero attached hydrogens (tertiary/aromatic N) is 3. The van der Waals surface area contributed by atoms with Crippen LogP contribution in [0.15, 0.2) is 42.0 Å². The molecule has 3 aliphatic rings. The summed E-state index contributed by atoms with van der Waals surface area (Å²) in [5.41, 5.74) is 2.80. The first-order chi connectivity index (χ1) is 20.5. The van der Waals surface area contributed by atoms with Crippen LogP contribution in [0, 0.1) is 11.6 Å². The number of piperazine rings is 1. The summed E-state index contributed by atoms with van der Waals surface area (Å²) < 4.78 is 52.5. The van der Waals surface area contributed by atoms with Gasteiger partial charge in [-0.15, -0.1) is 0 Å². The van der Waals surface area contributed by atoms with E-state index in [1.165, 1.54) is 26.0 Å². The van der Waals surface area contributed by atoms with Gasteiger partial charge in [0.1, 0.15) is 23.1 Å². The number of unbranched alkanes of at least 4 members (excludes halogenated alkanes) is 1. The van der Waals surface area contributed by atoms with Crippen molar-refractivity contribution in [3.8, 4) is 5.75 Å². The summed E-state index contributed by atoms with van der Waals surface area (Å²) in [6, 6.07) is 9.87. The molecule has 0 amide bonds. The lowest BCUT2D eigenvalue weighted by molar-refractivity contribution is -0.137. The maximum absolute atomic E-state index is 15.9. The molecular formula is C34H44F3N3O3. The van der Waals surface area contributed by atoms with E-state index in [0.29, 0.717) is 26.0 Å². The fourth-order valence-electron chi connectivity index (χ4n) is 6.87. The third-order valence-electron chi connectivity index (χ3n) is 8.97. The van der Waals surface area contributed by atoms with Gasteiger partial charge in [-0.25, -0.2) is 13.2 Å². The zero-order valence-electron chi connectivity index (χ0n) is 25.6. The predicted octanol–water partition coefficient (Wildman–Crippen LogP) is 6.11. The largest absolute Gasteiger partial charge is 0.493 e. The van der Waals surface area contributed by atoms with Gasteiger partial charge in [-0.2, -0.15) is 0 Å². The molecule has 2 aromatic rings. The van der Waals surface area contributed by atoms with Crippen LogP contribution in [0.2, 0.25) is 0 Å². The molecule has 2 heterocycles. The molecule has 0 spiro atoms. The maximum Gasteiger partial charge on any atom is 0.304 e. The number of alkyl halides is 1. The molecule has 234 valence electrons. The summed E-state index contributed by atoms with van der Waals surface area (Å²) in [5, 5.41) is 8.86. The minimum absolute atomic E-state index is 0.0362. The lowest BCUT2D eigenvalue weighted by Gasteiger charge is -2.44. The highest BCUT2D eigenvalue weighted by atomic mass is 19.1. The van der Waals surface area contributed by atoms with E-state index in [-0.39, 0.29) is 30.3 Å². The monoisotopic (exact) mass is 599 g/mol. The van der Waals surface area contributed by atoms with Crippen molar-refractivity contribution < 1.29 is 27.8 Å². The smallest absolute Gasteiger partial charge is 0.304 e. The zero-order chi connectivity index (χ0) is 30.7. The maximum atomic E-state index is 15.9. The molecule has 0 saturated carbocycles. The lowest BCUT2D eigenvalue weighted by Crippen LogP contribution is -2.47. The van der Waals surface area contributed by atoms with Gasteiger partial charge in [0, 0.05) is 63.0 Å². The standard InChI is InChI=1S/C34H44F3N3O3/c1-23-18-27-26-9-5-4-8-24(26)19-28(27)33(40(23)22-34(2,3)37)32-29(35)20-25(21-30(32)36)43-17-7-6-11-38-13-15-39(16-14-38)12-10-31(41)42/h4-5,8-9,20-21,23,33H,6-7,10-19,22H2,1-3H3,(H,41,42)/t23-,33+/m1/s1. The van der Waals surface area contributed by atoms with Gasteiger partial charge in [0.05, 0.1) is 19.1 Å². The molecule has 2 aromatic carbocycles. The molecule has 43 heavy (non-hydrogen) atoms. The van der Waals surface area contributed by atoms with Crippen molar-refractivity contribution in [3.05, 3.63) is 70.3 Å². The van der Waals surface area contributed by atoms with Crippen LogP contribution in [0.1, 0.15) is 69.2 Å². The van der Waals surface area contributed by atoms with E-state index < -0.39 is 29.3 Å². The molecular weight excluding hydrogens is 555 g/mol. The third-order valence-corrected chi connectivity index (χ3v) is 8.97. The average Bonchev–Trinajstić information content (AvgIpc) is 3.31. The molecule has 1 fully saturated rings. The first kappa shape index (κ1) is 31.5. The molecule has 0 unspecified atom stereocenters. The number of ether oxygens (including phenoxy) is 1. The van der Waals surface area contributed by atoms with E-state index in [1.807, 2.05) is 24.0 Å². The third kappa shape index (κ3) is 7.62. The molecule has 6 nitrogen and oxygen atoms in total. The summed E-state index contributed by atoms with van der Waals surface area (Å²) in [6.45, 7) is 10.5. The van der Waals surface area contributed by atoms with Crippen LogP contribution in [0.3, 0.4) is 0 Å². The van der Waals surface area contributed by atoms with Crippen LogP contribution in [-0.4, -0.2) is 89.9 Å². The Kier molecular flexibility index (Phi) is 9.83. The Bertz CT molecular complexity index is 1310. The number of carbonyl (C=O) groups is 1. The lowest BCUT2D eigenvalue weighted by atomic mass is 9.84. The summed E-state index contributed by atoms with van der Waals surface area (Å²) in [6.07, 6.45) is 3.12. The van der Waals surface area contributed by atoms with Crippen molar-refractivity contribution in [2.45, 2.75) is 70.6 Å². The molecule has 1 aliphatic carbocycles. The normalized spacial score (nSPS) is 21.6. The van der Waals surface area contributed by atoms with Crippen LogP contribution in [0.25, 0.3) is 5.57 Å². The topological polar surface area (TPSA) is 56.3 Å². The summed E-state index contributed by atoms with van der Waals surface area (Å²) in [4.78, 5) is 17.2. The Hall–Kier alpha value is -2.88. The molecule has 1 N–H and O–H groups in total. The number of fused-ring (bicyclic) bond motifs is 2. The summed E-state index contributed by atoms with van der Waals surface area (Å²) in [5.74, 6) is -1.94. The van der Waals surface area contributed by atoms with Crippen LogP contribution in [0.5, 0.6) is 5.75 Å². The predicted molar refractivity (Wildman–Crippen MR) is 162 cm³/mol. The Morgan fingerprint density at radius 3 is 2.33 bits per heavy atom. The number of hydrogen-bond donors (Lipinski definition) is 1. The second kappa shape index (κ2) is 13.4. The molecule has 2 aliphatic heterocycles. The Balaban J connectivity index is 1.22. The average molecular weight is 600 g/mol. The number of aliphatic carboxylic acids is 1. The molecule has 1 saturated heterocycles. The van der Waals surface area contributed by atoms with E-state index in [9.17, 15) is 4.79 Å². The van der Waals surface area contributed by atoms with Crippen molar-refractivity contribution in [2.75, 3.05) is 52.4 Å². The zero-order valence-corrected chi connectivity index (χ0v) is 25.6. The van der Waals surface area contributed by atoms with Gasteiger partial charge in [0.25, 0.3) is 0 Å². The van der Waals surface area contributed by atoms with Gasteiger partial charge in [-0.3, -0.25) is 9.69 Å². The highest BCUT2D eigenvalue weighted by molar-refractivity contribution is 5.79. The van der Waals surface area contributed by atoms with Crippen molar-refractivity contribution in [3.63, 3.8) is 0 Å². The Morgan fingerprint density at radius 2 is 1.67 bits per heavy atom. The highest BCUT2D eigenvalue weighted by Gasteiger charge is 2.43. The number of benzene rings is 2. The van der Waals surface area contributed by atoms with Crippen LogP contribution < -0.4 is 4.74 Å². The molecule has 2 atom stereocenters. The van der Waals surface area contributed by atoms with Crippen LogP contribution in [-0.2, 0) is 11.2 Å². The molecule has 9 heteroatoms. The molecule has 5 rings (SSSR count). The van der Waals surface area contributed by atoms with E-state index >= 15 is 13.2 Å². The van der Waals surface area contributed by atoms with Crippen molar-refractivity contribution in [1.82, 2.24) is 14.7 Å². The van der Waals surface area contributed by atoms with Crippen molar-refractivity contribution in [1.29, 1.82) is 0 Å². The van der Waals surface area contributed by atoms with E-state index in [4.69, 9.17) is 9.84 Å². The molecule has 0 bridgehead atoms. The second-order valence-electron chi connectivity index (χ2n) is 12.9. The van der Waals surface area contributed by atoms with Crippen LogP contribution >= 0.6 is 0 Å². The van der Waals surface area contributed by atoms with Gasteiger partial charge < -0.3 is 19.6 Å². The van der Waals surface area contributed by atoms with E-state index in [2.05, 4.69) is 21.9 Å².